The van der Waals surface area contributed by atoms with Crippen molar-refractivity contribution in [1.29, 1.82) is 0 Å². The number of pyridine rings is 1. The number of piperidine rings is 1. The molecule has 4 N–H and O–H groups in total. The van der Waals surface area contributed by atoms with Crippen molar-refractivity contribution >= 4 is 23.6 Å². The molecule has 2 fully saturated rings. The van der Waals surface area contributed by atoms with E-state index in [1.54, 1.807) is 18.2 Å². The number of halogens is 1. The van der Waals surface area contributed by atoms with E-state index in [1.165, 1.54) is 29.5 Å². The number of aromatic nitrogens is 1. The van der Waals surface area contributed by atoms with Crippen molar-refractivity contribution in [2.75, 3.05) is 25.0 Å². The van der Waals surface area contributed by atoms with Crippen molar-refractivity contribution in [3.05, 3.63) is 65.7 Å². The SMILES string of the molecule is NC(=O)C(NC1CCC(C2CNc3ccncc32)CC1)C1CCN(C(=O)/C=C/c2ccc(F)cc2)CC1. The van der Waals surface area contributed by atoms with Crippen molar-refractivity contribution in [2.45, 2.75) is 56.5 Å². The smallest absolute Gasteiger partial charge is 0.246 e. The molecule has 1 aliphatic carbocycles. The molecule has 196 valence electrons. The number of nitrogens with two attached hydrogens (primary N) is 1. The third kappa shape index (κ3) is 6.01. The highest BCUT2D eigenvalue weighted by Crippen LogP contribution is 2.42. The Morgan fingerprint density at radius 2 is 1.81 bits per heavy atom. The molecule has 0 bridgehead atoms. The first kappa shape index (κ1) is 25.4. The summed E-state index contributed by atoms with van der Waals surface area (Å²) in [6.45, 7) is 2.17. The van der Waals surface area contributed by atoms with E-state index in [-0.39, 0.29) is 35.6 Å². The second-order valence-corrected chi connectivity index (χ2v) is 10.7. The lowest BCUT2D eigenvalue weighted by Crippen LogP contribution is -2.54. The summed E-state index contributed by atoms with van der Waals surface area (Å²) in [6, 6.07) is 8.01. The molecule has 2 aromatic rings. The maximum Gasteiger partial charge on any atom is 0.246 e. The number of nitrogens with zero attached hydrogens (tertiary/aromatic N) is 2. The maximum atomic E-state index is 13.1. The average Bonchev–Trinajstić information content (AvgIpc) is 3.36. The molecule has 1 saturated heterocycles. The van der Waals surface area contributed by atoms with Crippen LogP contribution in [0, 0.1) is 17.7 Å². The van der Waals surface area contributed by atoms with Crippen LogP contribution < -0.4 is 16.4 Å². The summed E-state index contributed by atoms with van der Waals surface area (Å²) in [7, 11) is 0. The van der Waals surface area contributed by atoms with E-state index in [1.807, 2.05) is 17.3 Å². The number of hydrogen-bond acceptors (Lipinski definition) is 5. The molecule has 5 rings (SSSR count). The van der Waals surface area contributed by atoms with E-state index in [2.05, 4.69) is 21.7 Å². The van der Waals surface area contributed by atoms with E-state index in [4.69, 9.17) is 5.73 Å². The Bertz CT molecular complexity index is 1120. The van der Waals surface area contributed by atoms with Crippen LogP contribution in [-0.2, 0) is 9.59 Å². The molecule has 1 aromatic carbocycles. The normalized spacial score (nSPS) is 25.0. The highest BCUT2D eigenvalue weighted by Gasteiger charge is 2.36. The summed E-state index contributed by atoms with van der Waals surface area (Å²) in [5.74, 6) is 0.588. The van der Waals surface area contributed by atoms with Gasteiger partial charge < -0.3 is 21.3 Å². The number of carbonyl (C=O) groups is 2. The molecule has 1 aromatic heterocycles. The second kappa shape index (κ2) is 11.4. The molecule has 7 nitrogen and oxygen atoms in total. The summed E-state index contributed by atoms with van der Waals surface area (Å²) in [4.78, 5) is 31.2. The molecule has 1 saturated carbocycles. The Kier molecular flexibility index (Phi) is 7.84. The van der Waals surface area contributed by atoms with Crippen molar-refractivity contribution in [1.82, 2.24) is 15.2 Å². The van der Waals surface area contributed by atoms with Crippen LogP contribution in [0.2, 0.25) is 0 Å². The molecule has 3 heterocycles. The number of hydrogen-bond donors (Lipinski definition) is 3. The van der Waals surface area contributed by atoms with Gasteiger partial charge in [0.1, 0.15) is 5.82 Å². The van der Waals surface area contributed by atoms with Crippen LogP contribution in [0.1, 0.15) is 55.6 Å². The third-order valence-electron chi connectivity index (χ3n) is 8.44. The molecule has 2 unspecified atom stereocenters. The van der Waals surface area contributed by atoms with Crippen molar-refractivity contribution in [2.24, 2.45) is 17.6 Å². The number of fused-ring (bicyclic) bond motifs is 1. The van der Waals surface area contributed by atoms with Gasteiger partial charge in [-0.25, -0.2) is 4.39 Å². The first-order chi connectivity index (χ1) is 18.0. The van der Waals surface area contributed by atoms with Gasteiger partial charge in [0.05, 0.1) is 6.04 Å². The minimum atomic E-state index is -0.369. The molecular weight excluding hydrogens is 469 g/mol. The van der Waals surface area contributed by atoms with Crippen LogP contribution in [0.25, 0.3) is 6.08 Å². The average molecular weight is 506 g/mol. The van der Waals surface area contributed by atoms with Gasteiger partial charge in [0.15, 0.2) is 0 Å². The predicted octanol–water partition coefficient (Wildman–Crippen LogP) is 3.68. The van der Waals surface area contributed by atoms with Crippen LogP contribution in [0.15, 0.2) is 48.8 Å². The largest absolute Gasteiger partial charge is 0.384 e. The van der Waals surface area contributed by atoms with Gasteiger partial charge in [0, 0.05) is 55.8 Å². The lowest BCUT2D eigenvalue weighted by molar-refractivity contribution is -0.128. The highest BCUT2D eigenvalue weighted by atomic mass is 19.1. The Hall–Kier alpha value is -3.26. The summed E-state index contributed by atoms with van der Waals surface area (Å²) < 4.78 is 13.1. The van der Waals surface area contributed by atoms with Gasteiger partial charge in [0.2, 0.25) is 11.8 Å². The van der Waals surface area contributed by atoms with Gasteiger partial charge in [-0.05, 0) is 85.8 Å². The van der Waals surface area contributed by atoms with Gasteiger partial charge in [-0.15, -0.1) is 0 Å². The first-order valence-corrected chi connectivity index (χ1v) is 13.4. The Balaban J connectivity index is 1.10. The van der Waals surface area contributed by atoms with Gasteiger partial charge in [-0.2, -0.15) is 0 Å². The fourth-order valence-electron chi connectivity index (χ4n) is 6.31. The van der Waals surface area contributed by atoms with E-state index in [9.17, 15) is 14.0 Å². The second-order valence-electron chi connectivity index (χ2n) is 10.7. The van der Waals surface area contributed by atoms with Crippen LogP contribution in [0.4, 0.5) is 10.1 Å². The minimum absolute atomic E-state index is 0.0668. The molecular formula is C29H36FN5O2. The Labute approximate surface area is 217 Å². The minimum Gasteiger partial charge on any atom is -0.384 e. The lowest BCUT2D eigenvalue weighted by Gasteiger charge is -2.38. The Morgan fingerprint density at radius 1 is 1.08 bits per heavy atom. The third-order valence-corrected chi connectivity index (χ3v) is 8.44. The fraction of sp³-hybridized carbons (Fsp3) is 0.483. The highest BCUT2D eigenvalue weighted by molar-refractivity contribution is 5.91. The van der Waals surface area contributed by atoms with Gasteiger partial charge in [0.25, 0.3) is 0 Å². The lowest BCUT2D eigenvalue weighted by atomic mass is 9.76. The molecule has 0 radical (unpaired) electrons. The zero-order valence-corrected chi connectivity index (χ0v) is 21.1. The van der Waals surface area contributed by atoms with E-state index >= 15 is 0 Å². The zero-order valence-electron chi connectivity index (χ0n) is 21.1. The summed E-state index contributed by atoms with van der Waals surface area (Å²) >= 11 is 0. The van der Waals surface area contributed by atoms with E-state index in [0.717, 1.165) is 50.6 Å². The molecule has 2 amide bonds. The van der Waals surface area contributed by atoms with Crippen LogP contribution in [-0.4, -0.2) is 53.4 Å². The number of carbonyl (C=O) groups excluding carboxylic acids is 2. The maximum absolute atomic E-state index is 13.1. The molecule has 2 aliphatic heterocycles. The predicted molar refractivity (Wildman–Crippen MR) is 142 cm³/mol. The number of nitrogens with one attached hydrogen (secondary N) is 2. The first-order valence-electron chi connectivity index (χ1n) is 13.4. The van der Waals surface area contributed by atoms with Gasteiger partial charge in [-0.3, -0.25) is 14.6 Å². The molecule has 3 aliphatic rings. The van der Waals surface area contributed by atoms with Gasteiger partial charge >= 0.3 is 0 Å². The Morgan fingerprint density at radius 3 is 2.51 bits per heavy atom. The van der Waals surface area contributed by atoms with Crippen molar-refractivity contribution < 1.29 is 14.0 Å². The van der Waals surface area contributed by atoms with Crippen LogP contribution >= 0.6 is 0 Å². The number of anilines is 1. The summed E-state index contributed by atoms with van der Waals surface area (Å²) in [6.07, 6.45) is 12.9. The van der Waals surface area contributed by atoms with E-state index in [0.29, 0.717) is 24.9 Å². The standard InChI is InChI=1S/C29H36FN5O2/c30-22-6-1-19(2-7-22)3-10-27(36)35-15-12-21(13-16-35)28(29(31)37)34-23-8-4-20(5-9-23)24-18-33-26-11-14-32-17-25(24)26/h1-3,6-7,10-11,14,17,20-21,23-24,28,33-34H,4-5,8-9,12-13,15-16,18H2,(H2,31,37)/b10-3+. The number of likely N-dealkylation sites (tertiary alicyclic amines) is 1. The molecule has 0 spiro atoms. The number of primary amides is 1. The van der Waals surface area contributed by atoms with Crippen molar-refractivity contribution in [3.8, 4) is 0 Å². The number of amides is 2. The molecule has 37 heavy (non-hydrogen) atoms. The zero-order chi connectivity index (χ0) is 25.8. The van der Waals surface area contributed by atoms with Gasteiger partial charge in [-0.1, -0.05) is 12.1 Å². The van der Waals surface area contributed by atoms with Crippen molar-refractivity contribution in [3.63, 3.8) is 0 Å². The quantitative estimate of drug-likeness (QED) is 0.499. The topological polar surface area (TPSA) is 100 Å². The summed E-state index contributed by atoms with van der Waals surface area (Å²) in [5.41, 5.74) is 9.18. The summed E-state index contributed by atoms with van der Waals surface area (Å²) in [5, 5.41) is 7.12. The monoisotopic (exact) mass is 505 g/mol. The van der Waals surface area contributed by atoms with E-state index < -0.39 is 0 Å². The number of benzene rings is 1. The van der Waals surface area contributed by atoms with Crippen LogP contribution in [0.5, 0.6) is 0 Å². The number of rotatable bonds is 7. The van der Waals surface area contributed by atoms with Crippen LogP contribution in [0.3, 0.4) is 0 Å². The molecule has 2 atom stereocenters. The molecule has 8 heteroatoms. The fourth-order valence-corrected chi connectivity index (χ4v) is 6.31.